The van der Waals surface area contributed by atoms with E-state index in [1.807, 2.05) is 30.3 Å². The standard InChI is InChI=1S/C25H24N4O2/c1-17-16-28(20-7-4-18(15-26)5-8-20)11-12-29(17)21-9-6-19(13-21)24-14-23-22(25(30)31-24)3-2-10-27-23/h2-5,7-8,10,13-14,17,21H,6,9,11-12,16H2,1H3/t17-,21-/m1/s1. The van der Waals surface area contributed by atoms with Crippen molar-refractivity contribution in [3.05, 3.63) is 76.5 Å². The van der Waals surface area contributed by atoms with Crippen molar-refractivity contribution in [2.24, 2.45) is 0 Å². The topological polar surface area (TPSA) is 73.4 Å². The molecule has 0 bridgehead atoms. The molecule has 1 fully saturated rings. The van der Waals surface area contributed by atoms with Gasteiger partial charge in [0.2, 0.25) is 0 Å². The molecule has 2 aliphatic rings. The van der Waals surface area contributed by atoms with Crippen LogP contribution in [0.5, 0.6) is 0 Å². The number of anilines is 1. The first kappa shape index (κ1) is 19.5. The smallest absolute Gasteiger partial charge is 0.345 e. The van der Waals surface area contributed by atoms with Crippen molar-refractivity contribution in [1.29, 1.82) is 5.26 Å². The van der Waals surface area contributed by atoms with Gasteiger partial charge >= 0.3 is 5.63 Å². The fourth-order valence-electron chi connectivity index (χ4n) is 4.79. The fraction of sp³-hybridized carbons (Fsp3) is 0.320. The Kier molecular flexibility index (Phi) is 5.05. The van der Waals surface area contributed by atoms with Crippen LogP contribution < -0.4 is 10.5 Å². The number of piperazine rings is 1. The number of rotatable bonds is 3. The summed E-state index contributed by atoms with van der Waals surface area (Å²) >= 11 is 0. The monoisotopic (exact) mass is 412 g/mol. The molecule has 0 unspecified atom stereocenters. The van der Waals surface area contributed by atoms with Crippen LogP contribution in [0.15, 0.2) is 63.9 Å². The summed E-state index contributed by atoms with van der Waals surface area (Å²) in [5.41, 5.74) is 3.31. The van der Waals surface area contributed by atoms with E-state index in [0.717, 1.165) is 38.0 Å². The normalized spacial score (nSPS) is 21.8. The lowest BCUT2D eigenvalue weighted by Gasteiger charge is -2.43. The average molecular weight is 412 g/mol. The first-order valence-electron chi connectivity index (χ1n) is 10.7. The van der Waals surface area contributed by atoms with Crippen molar-refractivity contribution in [1.82, 2.24) is 9.88 Å². The highest BCUT2D eigenvalue weighted by atomic mass is 16.4. The maximum absolute atomic E-state index is 12.3. The van der Waals surface area contributed by atoms with E-state index in [0.29, 0.717) is 34.3 Å². The van der Waals surface area contributed by atoms with E-state index < -0.39 is 0 Å². The number of aromatic nitrogens is 1. The van der Waals surface area contributed by atoms with Gasteiger partial charge in [-0.25, -0.2) is 4.79 Å². The summed E-state index contributed by atoms with van der Waals surface area (Å²) in [6.07, 6.45) is 5.89. The number of hydrogen-bond donors (Lipinski definition) is 0. The molecule has 0 spiro atoms. The van der Waals surface area contributed by atoms with E-state index in [2.05, 4.69) is 33.9 Å². The summed E-state index contributed by atoms with van der Waals surface area (Å²) < 4.78 is 5.62. The molecule has 1 aromatic carbocycles. The molecule has 0 N–H and O–H groups in total. The highest BCUT2D eigenvalue weighted by molar-refractivity contribution is 5.80. The molecule has 3 aromatic rings. The van der Waals surface area contributed by atoms with Gasteiger partial charge in [0.25, 0.3) is 0 Å². The van der Waals surface area contributed by atoms with Gasteiger partial charge in [0, 0.05) is 49.7 Å². The number of nitriles is 1. The maximum Gasteiger partial charge on any atom is 0.345 e. The maximum atomic E-state index is 12.3. The van der Waals surface area contributed by atoms with E-state index >= 15 is 0 Å². The second-order valence-electron chi connectivity index (χ2n) is 8.32. The molecule has 2 aromatic heterocycles. The number of fused-ring (bicyclic) bond motifs is 1. The summed E-state index contributed by atoms with van der Waals surface area (Å²) in [6.45, 7) is 5.13. The van der Waals surface area contributed by atoms with Crippen LogP contribution in [0.1, 0.15) is 31.1 Å². The van der Waals surface area contributed by atoms with Crippen LogP contribution in [-0.2, 0) is 0 Å². The zero-order chi connectivity index (χ0) is 21.4. The van der Waals surface area contributed by atoms with E-state index in [1.54, 1.807) is 18.3 Å². The Bertz CT molecular complexity index is 1240. The van der Waals surface area contributed by atoms with Crippen molar-refractivity contribution in [2.45, 2.75) is 31.8 Å². The molecule has 31 heavy (non-hydrogen) atoms. The summed E-state index contributed by atoms with van der Waals surface area (Å²) in [5.74, 6) is 0.641. The molecular weight excluding hydrogens is 388 g/mol. The SMILES string of the molecule is C[C@@H]1CN(c2ccc(C#N)cc2)CCN1[C@H]1C=C(c2cc3ncccc3c(=O)o2)CC1. The van der Waals surface area contributed by atoms with Crippen LogP contribution in [0, 0.1) is 11.3 Å². The van der Waals surface area contributed by atoms with Gasteiger partial charge in [-0.15, -0.1) is 0 Å². The zero-order valence-electron chi connectivity index (χ0n) is 17.5. The minimum Gasteiger partial charge on any atom is -0.423 e. The molecular formula is C25H24N4O2. The molecule has 0 saturated carbocycles. The molecule has 5 rings (SSSR count). The third kappa shape index (κ3) is 3.73. The highest BCUT2D eigenvalue weighted by Crippen LogP contribution is 2.33. The molecule has 1 aliphatic heterocycles. The van der Waals surface area contributed by atoms with Gasteiger partial charge in [0.05, 0.1) is 22.5 Å². The first-order chi connectivity index (χ1) is 15.1. The minimum atomic E-state index is -0.325. The fourth-order valence-corrected chi connectivity index (χ4v) is 4.79. The van der Waals surface area contributed by atoms with E-state index in [-0.39, 0.29) is 5.63 Å². The Labute approximate surface area is 181 Å². The van der Waals surface area contributed by atoms with Gasteiger partial charge in [-0.3, -0.25) is 9.88 Å². The second kappa shape index (κ2) is 8.01. The Morgan fingerprint density at radius 2 is 2.03 bits per heavy atom. The Hall–Kier alpha value is -3.43. The van der Waals surface area contributed by atoms with Crippen LogP contribution in [0.3, 0.4) is 0 Å². The lowest BCUT2D eigenvalue weighted by Crippen LogP contribution is -2.54. The van der Waals surface area contributed by atoms with Crippen molar-refractivity contribution >= 4 is 22.2 Å². The number of benzene rings is 1. The van der Waals surface area contributed by atoms with Gasteiger partial charge in [0.15, 0.2) is 0 Å². The highest BCUT2D eigenvalue weighted by Gasteiger charge is 2.31. The molecule has 1 saturated heterocycles. The molecule has 2 atom stereocenters. The molecule has 0 amide bonds. The summed E-state index contributed by atoms with van der Waals surface area (Å²) in [6, 6.07) is 16.1. The molecule has 1 aliphatic carbocycles. The van der Waals surface area contributed by atoms with Crippen LogP contribution in [0.2, 0.25) is 0 Å². The van der Waals surface area contributed by atoms with Crippen molar-refractivity contribution < 1.29 is 4.42 Å². The van der Waals surface area contributed by atoms with E-state index in [9.17, 15) is 4.79 Å². The molecule has 156 valence electrons. The lowest BCUT2D eigenvalue weighted by molar-refractivity contribution is 0.153. The van der Waals surface area contributed by atoms with Crippen molar-refractivity contribution in [3.63, 3.8) is 0 Å². The predicted octanol–water partition coefficient (Wildman–Crippen LogP) is 3.82. The van der Waals surface area contributed by atoms with Crippen LogP contribution in [0.4, 0.5) is 5.69 Å². The number of pyridine rings is 1. The first-order valence-corrected chi connectivity index (χ1v) is 10.7. The Morgan fingerprint density at radius 3 is 2.81 bits per heavy atom. The van der Waals surface area contributed by atoms with Gasteiger partial charge in [-0.1, -0.05) is 6.08 Å². The third-order valence-corrected chi connectivity index (χ3v) is 6.41. The quantitative estimate of drug-likeness (QED) is 0.651. The minimum absolute atomic E-state index is 0.325. The van der Waals surface area contributed by atoms with Crippen molar-refractivity contribution in [3.8, 4) is 6.07 Å². The van der Waals surface area contributed by atoms with Crippen molar-refractivity contribution in [2.75, 3.05) is 24.5 Å². The van der Waals surface area contributed by atoms with Gasteiger partial charge < -0.3 is 9.32 Å². The zero-order valence-corrected chi connectivity index (χ0v) is 17.5. The largest absolute Gasteiger partial charge is 0.423 e. The summed E-state index contributed by atoms with van der Waals surface area (Å²) in [5, 5.41) is 9.53. The van der Waals surface area contributed by atoms with Gasteiger partial charge in [-0.05, 0) is 61.7 Å². The summed E-state index contributed by atoms with van der Waals surface area (Å²) in [7, 11) is 0. The Morgan fingerprint density at radius 1 is 1.19 bits per heavy atom. The molecule has 6 nitrogen and oxygen atoms in total. The van der Waals surface area contributed by atoms with E-state index in [1.165, 1.54) is 5.69 Å². The average Bonchev–Trinajstić information content (AvgIpc) is 3.29. The van der Waals surface area contributed by atoms with E-state index in [4.69, 9.17) is 9.68 Å². The van der Waals surface area contributed by atoms with Gasteiger partial charge in [-0.2, -0.15) is 5.26 Å². The van der Waals surface area contributed by atoms with Gasteiger partial charge in [0.1, 0.15) is 5.76 Å². The Balaban J connectivity index is 1.32. The summed E-state index contributed by atoms with van der Waals surface area (Å²) in [4.78, 5) is 21.6. The molecule has 0 radical (unpaired) electrons. The predicted molar refractivity (Wildman–Crippen MR) is 121 cm³/mol. The van der Waals surface area contributed by atoms with Crippen LogP contribution in [-0.4, -0.2) is 41.6 Å². The second-order valence-corrected chi connectivity index (χ2v) is 8.32. The van der Waals surface area contributed by atoms with Crippen LogP contribution >= 0.6 is 0 Å². The lowest BCUT2D eigenvalue weighted by atomic mass is 10.1. The number of hydrogen-bond acceptors (Lipinski definition) is 6. The molecule has 3 heterocycles. The number of nitrogens with zero attached hydrogens (tertiary/aromatic N) is 4. The molecule has 6 heteroatoms. The third-order valence-electron chi connectivity index (χ3n) is 6.41. The number of allylic oxidation sites excluding steroid dienone is 1. The van der Waals surface area contributed by atoms with Crippen LogP contribution in [0.25, 0.3) is 16.5 Å².